The lowest BCUT2D eigenvalue weighted by atomic mass is 9.81. The van der Waals surface area contributed by atoms with Crippen molar-refractivity contribution in [3.8, 4) is 5.75 Å². The van der Waals surface area contributed by atoms with Crippen LogP contribution in [0.25, 0.3) is 0 Å². The Balaban J connectivity index is 1.61. The van der Waals surface area contributed by atoms with E-state index in [1.807, 2.05) is 19.9 Å². The summed E-state index contributed by atoms with van der Waals surface area (Å²) >= 11 is 7.39. The molecule has 4 rings (SSSR count). The van der Waals surface area contributed by atoms with Gasteiger partial charge in [-0.3, -0.25) is 14.5 Å². The molecular formula is C21H23Br2NO4. The van der Waals surface area contributed by atoms with Crippen LogP contribution in [-0.4, -0.2) is 38.4 Å². The molecule has 1 aromatic carbocycles. The van der Waals surface area contributed by atoms with Crippen LogP contribution in [0.4, 0.5) is 0 Å². The van der Waals surface area contributed by atoms with Gasteiger partial charge in [0, 0.05) is 9.65 Å². The lowest BCUT2D eigenvalue weighted by molar-refractivity contribution is -0.154. The van der Waals surface area contributed by atoms with Gasteiger partial charge < -0.3 is 4.74 Å². The topological polar surface area (TPSA) is 63.7 Å². The third kappa shape index (κ3) is 3.15. The lowest BCUT2D eigenvalue weighted by Gasteiger charge is -2.28. The summed E-state index contributed by atoms with van der Waals surface area (Å²) in [5.41, 5.74) is 0. The number of benzene rings is 1. The van der Waals surface area contributed by atoms with Crippen LogP contribution >= 0.6 is 31.9 Å². The van der Waals surface area contributed by atoms with Crippen molar-refractivity contribution in [1.29, 1.82) is 0 Å². The van der Waals surface area contributed by atoms with Crippen molar-refractivity contribution in [3.05, 3.63) is 30.3 Å². The van der Waals surface area contributed by atoms with Gasteiger partial charge in [-0.1, -0.05) is 63.9 Å². The van der Waals surface area contributed by atoms with E-state index < -0.39 is 12.0 Å². The summed E-state index contributed by atoms with van der Waals surface area (Å²) in [6.45, 7) is 3.95. The average Bonchev–Trinajstić information content (AvgIpc) is 3.26. The fourth-order valence-corrected chi connectivity index (χ4v) is 6.98. The highest BCUT2D eigenvalue weighted by Crippen LogP contribution is 2.60. The van der Waals surface area contributed by atoms with Gasteiger partial charge in [-0.05, 0) is 42.7 Å². The number of hydrogen-bond donors (Lipinski definition) is 0. The van der Waals surface area contributed by atoms with Crippen molar-refractivity contribution < 1.29 is 19.1 Å². The quantitative estimate of drug-likeness (QED) is 0.260. The number of ether oxygens (including phenoxy) is 1. The SMILES string of the molecule is CC(C)C[C@H](C(=O)Oc1ccccc1)N1C(=O)[C@@H]2[C@@H]3C[C@@H]([C@@H](Br)[C@@H]3Br)[C@@H]2C1=O. The van der Waals surface area contributed by atoms with Crippen LogP contribution in [0.1, 0.15) is 26.7 Å². The van der Waals surface area contributed by atoms with Crippen molar-refractivity contribution in [3.63, 3.8) is 0 Å². The smallest absolute Gasteiger partial charge is 0.334 e. The number of likely N-dealkylation sites (tertiary alicyclic amines) is 1. The molecule has 3 fully saturated rings. The fourth-order valence-electron chi connectivity index (χ4n) is 5.11. The number of esters is 1. The van der Waals surface area contributed by atoms with Crippen LogP contribution in [0.2, 0.25) is 0 Å². The maximum atomic E-state index is 13.3. The molecule has 7 atom stereocenters. The normalized spacial score (nSPS) is 34.8. The van der Waals surface area contributed by atoms with Crippen LogP contribution in [0.3, 0.4) is 0 Å². The molecule has 2 bridgehead atoms. The molecule has 0 aromatic heterocycles. The molecule has 2 amide bonds. The molecule has 28 heavy (non-hydrogen) atoms. The number of halogens is 2. The Hall–Kier alpha value is -1.21. The first-order valence-corrected chi connectivity index (χ1v) is 11.6. The number of imide groups is 1. The molecule has 150 valence electrons. The molecule has 1 aromatic rings. The fraction of sp³-hybridized carbons (Fsp3) is 0.571. The van der Waals surface area contributed by atoms with Gasteiger partial charge in [0.15, 0.2) is 0 Å². The molecule has 3 aliphatic rings. The number of fused-ring (bicyclic) bond motifs is 5. The minimum absolute atomic E-state index is 0.130. The Morgan fingerprint density at radius 1 is 1.07 bits per heavy atom. The lowest BCUT2D eigenvalue weighted by Crippen LogP contribution is -2.48. The molecule has 1 saturated heterocycles. The summed E-state index contributed by atoms with van der Waals surface area (Å²) in [5.74, 6) is -0.787. The van der Waals surface area contributed by atoms with Crippen molar-refractivity contribution in [2.75, 3.05) is 0 Å². The maximum Gasteiger partial charge on any atom is 0.334 e. The van der Waals surface area contributed by atoms with Gasteiger partial charge in [-0.2, -0.15) is 0 Å². The van der Waals surface area contributed by atoms with Gasteiger partial charge in [-0.25, -0.2) is 4.79 Å². The predicted molar refractivity (Wildman–Crippen MR) is 111 cm³/mol. The van der Waals surface area contributed by atoms with Gasteiger partial charge in [0.25, 0.3) is 0 Å². The highest BCUT2D eigenvalue weighted by molar-refractivity contribution is 9.12. The number of hydrogen-bond acceptors (Lipinski definition) is 4. The molecule has 1 aliphatic heterocycles. The number of amides is 2. The van der Waals surface area contributed by atoms with Gasteiger partial charge in [0.1, 0.15) is 11.8 Å². The number of carbonyl (C=O) groups excluding carboxylic acids is 3. The van der Waals surface area contributed by atoms with Crippen LogP contribution in [0, 0.1) is 29.6 Å². The van der Waals surface area contributed by atoms with Gasteiger partial charge >= 0.3 is 5.97 Å². The summed E-state index contributed by atoms with van der Waals surface area (Å²) in [4.78, 5) is 41.1. The monoisotopic (exact) mass is 511 g/mol. The molecule has 0 radical (unpaired) electrons. The van der Waals surface area contributed by atoms with Crippen molar-refractivity contribution in [2.45, 2.75) is 42.4 Å². The zero-order valence-electron chi connectivity index (χ0n) is 15.8. The number of rotatable bonds is 5. The predicted octanol–water partition coefficient (Wildman–Crippen LogP) is 3.78. The summed E-state index contributed by atoms with van der Waals surface area (Å²) in [6, 6.07) is 7.89. The second-order valence-corrected chi connectivity index (χ2v) is 10.5. The van der Waals surface area contributed by atoms with E-state index in [0.717, 1.165) is 6.42 Å². The first-order valence-electron chi connectivity index (χ1n) is 9.73. The van der Waals surface area contributed by atoms with E-state index in [0.29, 0.717) is 12.2 Å². The van der Waals surface area contributed by atoms with Crippen LogP contribution in [0.15, 0.2) is 30.3 Å². The summed E-state index contributed by atoms with van der Waals surface area (Å²) in [5, 5.41) is 0. The highest BCUT2D eigenvalue weighted by Gasteiger charge is 2.67. The van der Waals surface area contributed by atoms with Crippen LogP contribution in [0.5, 0.6) is 5.75 Å². The number of nitrogens with zero attached hydrogens (tertiary/aromatic N) is 1. The van der Waals surface area contributed by atoms with Gasteiger partial charge in [-0.15, -0.1) is 0 Å². The van der Waals surface area contributed by atoms with E-state index in [4.69, 9.17) is 4.74 Å². The van der Waals surface area contributed by atoms with E-state index >= 15 is 0 Å². The summed E-state index contributed by atoms with van der Waals surface area (Å²) < 4.78 is 5.52. The number of alkyl halides is 2. The largest absolute Gasteiger partial charge is 0.425 e. The second-order valence-electron chi connectivity index (χ2n) is 8.43. The molecule has 5 nitrogen and oxygen atoms in total. The Morgan fingerprint density at radius 2 is 1.61 bits per heavy atom. The van der Waals surface area contributed by atoms with E-state index in [1.54, 1.807) is 24.3 Å². The summed E-state index contributed by atoms with van der Waals surface area (Å²) in [7, 11) is 0. The molecule has 2 aliphatic carbocycles. The Kier molecular flexibility index (Phi) is 5.42. The average molecular weight is 513 g/mol. The van der Waals surface area contributed by atoms with E-state index in [-0.39, 0.29) is 51.1 Å². The zero-order chi connectivity index (χ0) is 20.2. The minimum Gasteiger partial charge on any atom is -0.425 e. The van der Waals surface area contributed by atoms with E-state index in [9.17, 15) is 14.4 Å². The minimum atomic E-state index is -0.882. The van der Waals surface area contributed by atoms with E-state index in [1.165, 1.54) is 4.90 Å². The molecule has 1 heterocycles. The summed E-state index contributed by atoms with van der Waals surface area (Å²) in [6.07, 6.45) is 1.27. The molecule has 0 spiro atoms. The Labute approximate surface area is 181 Å². The van der Waals surface area contributed by atoms with Crippen molar-refractivity contribution in [1.82, 2.24) is 4.90 Å². The molecule has 0 unspecified atom stereocenters. The van der Waals surface area contributed by atoms with E-state index in [2.05, 4.69) is 31.9 Å². The number of carbonyl (C=O) groups is 3. The standard InChI is InChI=1S/C21H23Br2NO4/c1-10(2)8-14(21(27)28-11-6-4-3-5-7-11)24-19(25)15-12-9-13(16(15)20(24)26)18(23)17(12)22/h3-7,10,12-18H,8-9H2,1-2H3/t12-,13+,14-,15+,16-,17-,18-/m1/s1. The second kappa shape index (κ2) is 7.56. The molecule has 7 heteroatoms. The van der Waals surface area contributed by atoms with Crippen molar-refractivity contribution in [2.24, 2.45) is 29.6 Å². The maximum absolute atomic E-state index is 13.3. The third-order valence-corrected chi connectivity index (χ3v) is 9.47. The van der Waals surface area contributed by atoms with Crippen LogP contribution in [-0.2, 0) is 14.4 Å². The highest BCUT2D eigenvalue weighted by atomic mass is 79.9. The van der Waals surface area contributed by atoms with Gasteiger partial charge in [0.05, 0.1) is 11.8 Å². The molecular weight excluding hydrogens is 490 g/mol. The Morgan fingerprint density at radius 3 is 2.11 bits per heavy atom. The molecule has 0 N–H and O–H groups in total. The van der Waals surface area contributed by atoms with Crippen LogP contribution < -0.4 is 4.74 Å². The number of para-hydroxylation sites is 1. The molecule has 2 saturated carbocycles. The first-order chi connectivity index (χ1) is 13.3. The zero-order valence-corrected chi connectivity index (χ0v) is 18.9. The third-order valence-electron chi connectivity index (χ3n) is 6.26. The first kappa shape index (κ1) is 20.1. The van der Waals surface area contributed by atoms with Gasteiger partial charge in [0.2, 0.25) is 11.8 Å². The van der Waals surface area contributed by atoms with Crippen molar-refractivity contribution >= 4 is 49.6 Å². The Bertz CT molecular complexity index is 767.